The number of pyridine rings is 2. The molecule has 1 amide bonds. The minimum atomic E-state index is -0.133. The second kappa shape index (κ2) is 14.2. The number of amides is 1. The van der Waals surface area contributed by atoms with Gasteiger partial charge in [-0.3, -0.25) is 14.8 Å². The Kier molecular flexibility index (Phi) is 10.4. The molecule has 0 atom stereocenters. The van der Waals surface area contributed by atoms with Crippen LogP contribution < -0.4 is 20.1 Å². The van der Waals surface area contributed by atoms with Crippen LogP contribution in [0.1, 0.15) is 36.6 Å². The highest BCUT2D eigenvalue weighted by atomic mass is 35.5. The molecule has 0 radical (unpaired) electrons. The monoisotopic (exact) mass is 606 g/mol. The molecule has 2 aromatic heterocycles. The maximum absolute atomic E-state index is 12.7. The molecule has 0 saturated heterocycles. The van der Waals surface area contributed by atoms with Crippen molar-refractivity contribution < 1.29 is 14.3 Å². The van der Waals surface area contributed by atoms with Gasteiger partial charge in [0.1, 0.15) is 18.4 Å². The minimum absolute atomic E-state index is 0.133. The molecule has 2 N–H and O–H groups in total. The standard InChI is InChI=1S/C31H32Cl2N6O3/c1-5-41-28-15-25-22(14-26(28)38-29(40)9-7-11-39(3)4)30(20(16-34)17-36-25)37-21-12-23(32)31(24(33)13-21)42-18-27-19(2)8-6-10-35-27/h6,8,10,12-15,17H,5,7,9,11,18H2,1-4H3,(H,36,37)(H,38,40). The number of benzene rings is 2. The van der Waals surface area contributed by atoms with Crippen LogP contribution in [-0.4, -0.2) is 48.0 Å². The first-order chi connectivity index (χ1) is 20.2. The van der Waals surface area contributed by atoms with Gasteiger partial charge in [0.25, 0.3) is 0 Å². The Bertz CT molecular complexity index is 1610. The van der Waals surface area contributed by atoms with Crippen molar-refractivity contribution in [1.29, 1.82) is 5.26 Å². The van der Waals surface area contributed by atoms with E-state index in [1.165, 1.54) is 6.20 Å². The number of nitriles is 1. The predicted molar refractivity (Wildman–Crippen MR) is 167 cm³/mol. The Hall–Kier alpha value is -4.10. The number of nitrogens with one attached hydrogen (secondary N) is 2. The molecular weight excluding hydrogens is 575 g/mol. The number of nitrogens with zero attached hydrogens (tertiary/aromatic N) is 4. The zero-order valence-corrected chi connectivity index (χ0v) is 25.4. The van der Waals surface area contributed by atoms with Gasteiger partial charge < -0.3 is 25.0 Å². The van der Waals surface area contributed by atoms with Gasteiger partial charge in [0.2, 0.25) is 5.91 Å². The summed E-state index contributed by atoms with van der Waals surface area (Å²) in [4.78, 5) is 23.6. The SMILES string of the molecule is CCOc1cc2ncc(C#N)c(Nc3cc(Cl)c(OCc4ncccc4C)c(Cl)c3)c2cc1NC(=O)CCCN(C)C. The fourth-order valence-electron chi connectivity index (χ4n) is 4.30. The molecule has 42 heavy (non-hydrogen) atoms. The van der Waals surface area contributed by atoms with E-state index in [0.717, 1.165) is 17.8 Å². The van der Waals surface area contributed by atoms with Crippen molar-refractivity contribution in [1.82, 2.24) is 14.9 Å². The molecule has 0 aliphatic rings. The van der Waals surface area contributed by atoms with E-state index >= 15 is 0 Å². The van der Waals surface area contributed by atoms with Crippen LogP contribution in [0, 0.1) is 18.3 Å². The van der Waals surface area contributed by atoms with Crippen LogP contribution in [0.15, 0.2) is 48.8 Å². The summed E-state index contributed by atoms with van der Waals surface area (Å²) in [6.45, 7) is 5.22. The zero-order valence-electron chi connectivity index (χ0n) is 23.9. The van der Waals surface area contributed by atoms with Gasteiger partial charge in [0.05, 0.1) is 44.8 Å². The smallest absolute Gasteiger partial charge is 0.224 e. The number of rotatable bonds is 12. The van der Waals surface area contributed by atoms with Gasteiger partial charge in [0.15, 0.2) is 5.75 Å². The Labute approximate surface area is 255 Å². The highest BCUT2D eigenvalue weighted by Crippen LogP contribution is 2.40. The number of ether oxygens (including phenoxy) is 2. The summed E-state index contributed by atoms with van der Waals surface area (Å²) < 4.78 is 11.7. The maximum Gasteiger partial charge on any atom is 0.224 e. The third kappa shape index (κ3) is 7.59. The lowest BCUT2D eigenvalue weighted by atomic mass is 10.1. The lowest BCUT2D eigenvalue weighted by Gasteiger charge is -2.17. The molecule has 0 saturated carbocycles. The summed E-state index contributed by atoms with van der Waals surface area (Å²) >= 11 is 13.2. The van der Waals surface area contributed by atoms with Gasteiger partial charge in [-0.25, -0.2) is 0 Å². The van der Waals surface area contributed by atoms with Crippen molar-refractivity contribution in [3.63, 3.8) is 0 Å². The second-order valence-corrected chi connectivity index (χ2v) is 10.7. The molecule has 0 unspecified atom stereocenters. The molecule has 0 aliphatic carbocycles. The van der Waals surface area contributed by atoms with Crippen molar-refractivity contribution in [2.24, 2.45) is 0 Å². The van der Waals surface area contributed by atoms with E-state index in [1.807, 2.05) is 45.0 Å². The van der Waals surface area contributed by atoms with E-state index in [1.54, 1.807) is 30.5 Å². The first-order valence-corrected chi connectivity index (χ1v) is 14.2. The van der Waals surface area contributed by atoms with Crippen LogP contribution in [0.25, 0.3) is 10.9 Å². The summed E-state index contributed by atoms with van der Waals surface area (Å²) in [6.07, 6.45) is 4.25. The highest BCUT2D eigenvalue weighted by molar-refractivity contribution is 6.37. The molecule has 11 heteroatoms. The van der Waals surface area contributed by atoms with E-state index in [-0.39, 0.29) is 12.5 Å². The molecule has 4 rings (SSSR count). The fourth-order valence-corrected chi connectivity index (χ4v) is 4.90. The maximum atomic E-state index is 12.7. The molecule has 218 valence electrons. The van der Waals surface area contributed by atoms with Gasteiger partial charge in [-0.2, -0.15) is 5.26 Å². The van der Waals surface area contributed by atoms with Gasteiger partial charge in [0, 0.05) is 36.0 Å². The summed E-state index contributed by atoms with van der Waals surface area (Å²) in [5, 5.41) is 17.3. The summed E-state index contributed by atoms with van der Waals surface area (Å²) in [5.41, 5.74) is 4.16. The van der Waals surface area contributed by atoms with Crippen molar-refractivity contribution in [2.75, 3.05) is 37.9 Å². The van der Waals surface area contributed by atoms with E-state index in [4.69, 9.17) is 32.7 Å². The first-order valence-electron chi connectivity index (χ1n) is 13.4. The van der Waals surface area contributed by atoms with Gasteiger partial charge in [-0.05, 0) is 70.7 Å². The normalized spacial score (nSPS) is 10.9. The van der Waals surface area contributed by atoms with E-state index < -0.39 is 0 Å². The average molecular weight is 608 g/mol. The Balaban J connectivity index is 1.66. The van der Waals surface area contributed by atoms with E-state index in [0.29, 0.717) is 74.5 Å². The van der Waals surface area contributed by atoms with Gasteiger partial charge >= 0.3 is 0 Å². The molecule has 0 spiro atoms. The van der Waals surface area contributed by atoms with Gasteiger partial charge in [-0.1, -0.05) is 29.3 Å². The topological polar surface area (TPSA) is 112 Å². The van der Waals surface area contributed by atoms with Crippen molar-refractivity contribution in [3.8, 4) is 17.6 Å². The molecule has 0 bridgehead atoms. The Morgan fingerprint density at radius 1 is 1.12 bits per heavy atom. The van der Waals surface area contributed by atoms with Crippen LogP contribution in [0.3, 0.4) is 0 Å². The minimum Gasteiger partial charge on any atom is -0.492 e. The average Bonchev–Trinajstić information content (AvgIpc) is 2.94. The highest BCUT2D eigenvalue weighted by Gasteiger charge is 2.17. The van der Waals surface area contributed by atoms with Crippen LogP contribution in [-0.2, 0) is 11.4 Å². The summed E-state index contributed by atoms with van der Waals surface area (Å²) in [6, 6.07) is 12.8. The number of anilines is 3. The number of halogens is 2. The summed E-state index contributed by atoms with van der Waals surface area (Å²) in [7, 11) is 3.93. The van der Waals surface area contributed by atoms with Crippen molar-refractivity contribution in [3.05, 3.63) is 75.7 Å². The fraction of sp³-hybridized carbons (Fsp3) is 0.290. The molecule has 9 nitrogen and oxygen atoms in total. The Morgan fingerprint density at radius 2 is 1.88 bits per heavy atom. The number of aromatic nitrogens is 2. The van der Waals surface area contributed by atoms with Crippen LogP contribution in [0.4, 0.5) is 17.1 Å². The van der Waals surface area contributed by atoms with Gasteiger partial charge in [-0.15, -0.1) is 0 Å². The lowest BCUT2D eigenvalue weighted by molar-refractivity contribution is -0.116. The largest absolute Gasteiger partial charge is 0.492 e. The lowest BCUT2D eigenvalue weighted by Crippen LogP contribution is -2.17. The summed E-state index contributed by atoms with van der Waals surface area (Å²) in [5.74, 6) is 0.686. The second-order valence-electron chi connectivity index (χ2n) is 9.86. The molecule has 0 fully saturated rings. The third-order valence-corrected chi connectivity index (χ3v) is 6.97. The number of hydrogen-bond donors (Lipinski definition) is 2. The van der Waals surface area contributed by atoms with E-state index in [9.17, 15) is 10.1 Å². The van der Waals surface area contributed by atoms with Crippen molar-refractivity contribution >= 4 is 57.1 Å². The first kappa shape index (κ1) is 30.8. The number of carbonyl (C=O) groups is 1. The Morgan fingerprint density at radius 3 is 2.55 bits per heavy atom. The number of carbonyl (C=O) groups excluding carboxylic acids is 1. The molecule has 2 heterocycles. The molecule has 4 aromatic rings. The number of hydrogen-bond acceptors (Lipinski definition) is 8. The third-order valence-electron chi connectivity index (χ3n) is 6.41. The quantitative estimate of drug-likeness (QED) is 0.175. The van der Waals surface area contributed by atoms with Crippen LogP contribution in [0.5, 0.6) is 11.5 Å². The predicted octanol–water partition coefficient (Wildman–Crippen LogP) is 7.12. The molecule has 0 aliphatic heterocycles. The van der Waals surface area contributed by atoms with Crippen LogP contribution >= 0.6 is 23.2 Å². The number of fused-ring (bicyclic) bond motifs is 1. The molecular formula is C31H32Cl2N6O3. The molecule has 2 aromatic carbocycles. The van der Waals surface area contributed by atoms with E-state index in [2.05, 4.69) is 26.7 Å². The van der Waals surface area contributed by atoms with Crippen LogP contribution in [0.2, 0.25) is 10.0 Å². The zero-order chi connectivity index (χ0) is 30.2. The van der Waals surface area contributed by atoms with Crippen molar-refractivity contribution in [2.45, 2.75) is 33.3 Å². The number of aryl methyl sites for hydroxylation is 1.